The zero-order valence-corrected chi connectivity index (χ0v) is 28.0. The third kappa shape index (κ3) is 4.91. The minimum absolute atomic E-state index is 1.14. The van der Waals surface area contributed by atoms with Gasteiger partial charge in [-0.25, -0.2) is 0 Å². The molecule has 236 valence electrons. The third-order valence-corrected chi connectivity index (χ3v) is 11.0. The fourth-order valence-electron chi connectivity index (χ4n) is 8.43. The van der Waals surface area contributed by atoms with E-state index in [2.05, 4.69) is 170 Å². The molecule has 0 radical (unpaired) electrons. The van der Waals surface area contributed by atoms with E-state index < -0.39 is 0 Å². The molecule has 2 aliphatic rings. The van der Waals surface area contributed by atoms with E-state index in [-0.39, 0.29) is 0 Å². The van der Waals surface area contributed by atoms with Crippen molar-refractivity contribution < 1.29 is 0 Å². The number of rotatable bonds is 4. The molecule has 0 saturated heterocycles. The van der Waals surface area contributed by atoms with Crippen LogP contribution in [0.3, 0.4) is 0 Å². The molecule has 8 aromatic rings. The van der Waals surface area contributed by atoms with Gasteiger partial charge in [0.2, 0.25) is 0 Å². The van der Waals surface area contributed by atoms with Gasteiger partial charge in [0.15, 0.2) is 0 Å². The number of hydrogen-bond donors (Lipinski definition) is 0. The van der Waals surface area contributed by atoms with E-state index in [4.69, 9.17) is 0 Å². The fraction of sp³-hybridized carbons (Fsp3) is 0.0800. The maximum absolute atomic E-state index is 2.42. The highest BCUT2D eigenvalue weighted by Crippen LogP contribution is 2.39. The van der Waals surface area contributed by atoms with E-state index >= 15 is 0 Å². The summed E-state index contributed by atoms with van der Waals surface area (Å²) in [6.45, 7) is 0. The molecule has 0 amide bonds. The van der Waals surface area contributed by atoms with Crippen molar-refractivity contribution in [3.8, 4) is 44.5 Å². The van der Waals surface area contributed by atoms with Gasteiger partial charge >= 0.3 is 0 Å². The van der Waals surface area contributed by atoms with E-state index in [1.165, 1.54) is 94.4 Å². The Kier molecular flexibility index (Phi) is 6.88. The van der Waals surface area contributed by atoms with E-state index in [9.17, 15) is 0 Å². The van der Waals surface area contributed by atoms with Crippen LogP contribution in [-0.2, 0) is 12.8 Å². The van der Waals surface area contributed by atoms with Gasteiger partial charge in [0.25, 0.3) is 0 Å². The van der Waals surface area contributed by atoms with Crippen LogP contribution >= 0.6 is 0 Å². The minimum Gasteiger partial charge on any atom is -0.0836 e. The lowest BCUT2D eigenvalue weighted by atomic mass is 9.81. The lowest BCUT2D eigenvalue weighted by Crippen LogP contribution is -2.07. The van der Waals surface area contributed by atoms with E-state index in [0.29, 0.717) is 0 Å². The second-order valence-corrected chi connectivity index (χ2v) is 13.9. The molecule has 0 fully saturated rings. The van der Waals surface area contributed by atoms with Gasteiger partial charge in [-0.1, -0.05) is 146 Å². The molecule has 0 heterocycles. The van der Waals surface area contributed by atoms with Crippen molar-refractivity contribution in [1.82, 2.24) is 0 Å². The second kappa shape index (κ2) is 11.9. The van der Waals surface area contributed by atoms with Crippen molar-refractivity contribution in [2.24, 2.45) is 0 Å². The predicted molar refractivity (Wildman–Crippen MR) is 215 cm³/mol. The van der Waals surface area contributed by atoms with E-state index in [1.54, 1.807) is 11.1 Å². The molecule has 50 heavy (non-hydrogen) atoms. The van der Waals surface area contributed by atoms with Gasteiger partial charge in [0.1, 0.15) is 0 Å². The summed E-state index contributed by atoms with van der Waals surface area (Å²) in [4.78, 5) is 0. The van der Waals surface area contributed by atoms with Gasteiger partial charge in [-0.15, -0.1) is 0 Å². The first-order valence-electron chi connectivity index (χ1n) is 17.9. The summed E-state index contributed by atoms with van der Waals surface area (Å²) >= 11 is 0. The normalized spacial score (nSPS) is 13.5. The maximum Gasteiger partial charge on any atom is -0.00990 e. The molecule has 0 heteroatoms. The van der Waals surface area contributed by atoms with Crippen LogP contribution < -0.4 is 0 Å². The summed E-state index contributed by atoms with van der Waals surface area (Å²) in [7, 11) is 0. The summed E-state index contributed by atoms with van der Waals surface area (Å²) < 4.78 is 0. The maximum atomic E-state index is 2.42. The van der Waals surface area contributed by atoms with Crippen molar-refractivity contribution in [1.29, 1.82) is 0 Å². The third-order valence-electron chi connectivity index (χ3n) is 11.0. The molecule has 8 aromatic carbocycles. The van der Waals surface area contributed by atoms with Crippen LogP contribution in [0.5, 0.6) is 0 Å². The topological polar surface area (TPSA) is 0 Å². The standard InChI is InChI=1S/C50H36/c1-3-11-43-40(9-1)31-49(47-15-7-5-13-45(43)47)36-23-17-33(18-24-36)38-27-21-35-22-28-39(30-42(35)29-38)34-19-25-37(26-20-34)50-32-41-10-2-4-12-44(41)46-14-6-8-16-48(46)50/h1-3,5,7-11,13,15-32H,4,6,12,14H2. The van der Waals surface area contributed by atoms with Crippen LogP contribution in [0.1, 0.15) is 35.1 Å². The van der Waals surface area contributed by atoms with Crippen LogP contribution in [0.25, 0.3) is 89.0 Å². The largest absolute Gasteiger partial charge is 0.0836 e. The van der Waals surface area contributed by atoms with Crippen molar-refractivity contribution in [3.05, 3.63) is 180 Å². The van der Waals surface area contributed by atoms with Crippen molar-refractivity contribution in [2.45, 2.75) is 25.7 Å². The zero-order chi connectivity index (χ0) is 33.0. The molecule has 0 aliphatic heterocycles. The summed E-state index contributed by atoms with van der Waals surface area (Å²) in [5.74, 6) is 0. The lowest BCUT2D eigenvalue weighted by Gasteiger charge is -2.23. The zero-order valence-electron chi connectivity index (χ0n) is 28.0. The Labute approximate surface area is 293 Å². The molecule has 0 bridgehead atoms. The summed E-state index contributed by atoms with van der Waals surface area (Å²) in [5.41, 5.74) is 16.1. The smallest absolute Gasteiger partial charge is 0.00990 e. The molecule has 0 spiro atoms. The molecule has 2 aliphatic carbocycles. The number of hydrogen-bond acceptors (Lipinski definition) is 0. The summed E-state index contributed by atoms with van der Waals surface area (Å²) in [6.07, 6.45) is 14.0. The highest BCUT2D eigenvalue weighted by atomic mass is 14.2. The molecular formula is C50H36. The van der Waals surface area contributed by atoms with Crippen LogP contribution in [0.15, 0.2) is 158 Å². The average Bonchev–Trinajstić information content (AvgIpc) is 3.20. The molecule has 0 unspecified atom stereocenters. The Bertz CT molecular complexity index is 2670. The Morgan fingerprint density at radius 2 is 0.900 bits per heavy atom. The first-order valence-corrected chi connectivity index (χ1v) is 17.9. The van der Waals surface area contributed by atoms with Crippen molar-refractivity contribution >= 4 is 44.5 Å². The molecule has 0 atom stereocenters. The molecule has 0 aromatic heterocycles. The van der Waals surface area contributed by atoms with E-state index in [1.807, 2.05) is 0 Å². The van der Waals surface area contributed by atoms with Gasteiger partial charge in [0, 0.05) is 0 Å². The van der Waals surface area contributed by atoms with Gasteiger partial charge in [-0.2, -0.15) is 0 Å². The summed E-state index contributed by atoms with van der Waals surface area (Å²) in [6, 6.07) is 54.2. The Balaban J connectivity index is 0.968. The first kappa shape index (κ1) is 29.0. The highest BCUT2D eigenvalue weighted by Gasteiger charge is 2.19. The van der Waals surface area contributed by atoms with Crippen molar-refractivity contribution in [3.63, 3.8) is 0 Å². The van der Waals surface area contributed by atoms with Crippen molar-refractivity contribution in [2.75, 3.05) is 0 Å². The molecule has 0 N–H and O–H groups in total. The number of benzene rings is 8. The SMILES string of the molecule is C1=Cc2cc(-c3ccc(-c4ccc5ccc(-c6ccc(-c7cc8ccccc8c8ccccc78)cc6)cc5c4)cc3)c3c(c2CC1)CCC=C3. The quantitative estimate of drug-likeness (QED) is 0.169. The Morgan fingerprint density at radius 1 is 0.340 bits per heavy atom. The highest BCUT2D eigenvalue weighted by molar-refractivity contribution is 6.13. The van der Waals surface area contributed by atoms with E-state index in [0.717, 1.165) is 19.3 Å². The van der Waals surface area contributed by atoms with Gasteiger partial charge in [-0.05, 0) is 149 Å². The number of fused-ring (bicyclic) bond motifs is 7. The van der Waals surface area contributed by atoms with Crippen LogP contribution in [-0.4, -0.2) is 0 Å². The minimum atomic E-state index is 1.14. The second-order valence-electron chi connectivity index (χ2n) is 13.9. The monoisotopic (exact) mass is 636 g/mol. The Hall–Kier alpha value is -5.98. The van der Waals surface area contributed by atoms with Gasteiger partial charge in [0.05, 0.1) is 0 Å². The average molecular weight is 637 g/mol. The van der Waals surface area contributed by atoms with Gasteiger partial charge in [-0.3, -0.25) is 0 Å². The number of allylic oxidation sites excluding steroid dienone is 2. The Morgan fingerprint density at radius 3 is 1.62 bits per heavy atom. The fourth-order valence-corrected chi connectivity index (χ4v) is 8.43. The lowest BCUT2D eigenvalue weighted by molar-refractivity contribution is 0.906. The first-order chi connectivity index (χ1) is 24.8. The molecular weight excluding hydrogens is 601 g/mol. The van der Waals surface area contributed by atoms with Gasteiger partial charge < -0.3 is 0 Å². The van der Waals surface area contributed by atoms with Crippen LogP contribution in [0.4, 0.5) is 0 Å². The van der Waals surface area contributed by atoms with Crippen LogP contribution in [0, 0.1) is 0 Å². The molecule has 10 rings (SSSR count). The van der Waals surface area contributed by atoms with Crippen LogP contribution in [0.2, 0.25) is 0 Å². The molecule has 0 saturated carbocycles. The predicted octanol–water partition coefficient (Wildman–Crippen LogP) is 13.7. The summed E-state index contributed by atoms with van der Waals surface area (Å²) in [5, 5.41) is 7.69. The molecule has 0 nitrogen and oxygen atoms in total.